The summed E-state index contributed by atoms with van der Waals surface area (Å²) in [7, 11) is 3.02. The summed E-state index contributed by atoms with van der Waals surface area (Å²) in [6.45, 7) is 3.91. The normalized spacial score (nSPS) is 13.7. The third-order valence-corrected chi connectivity index (χ3v) is 5.86. The molecule has 0 saturated carbocycles. The number of methoxy groups -OCH3 is 2. The predicted molar refractivity (Wildman–Crippen MR) is 129 cm³/mol. The Hall–Kier alpha value is -3.78. The molecule has 2 amide bonds. The van der Waals surface area contributed by atoms with Crippen molar-refractivity contribution in [2.45, 2.75) is 20.0 Å². The summed E-state index contributed by atoms with van der Waals surface area (Å²) in [6, 6.07) is 15.9. The van der Waals surface area contributed by atoms with E-state index < -0.39 is 11.8 Å². The van der Waals surface area contributed by atoms with Crippen molar-refractivity contribution >= 4 is 40.1 Å². The summed E-state index contributed by atoms with van der Waals surface area (Å²) in [4.78, 5) is 28.9. The molecular weight excluding hydrogens is 440 g/mol. The van der Waals surface area contributed by atoms with E-state index in [2.05, 4.69) is 5.32 Å². The van der Waals surface area contributed by atoms with Gasteiger partial charge in [0.15, 0.2) is 0 Å². The van der Waals surface area contributed by atoms with E-state index in [4.69, 9.17) is 14.2 Å². The number of thiophene rings is 1. The molecule has 1 aromatic heterocycles. The average Bonchev–Trinajstić information content (AvgIpc) is 3.41. The Balaban J connectivity index is 1.73. The summed E-state index contributed by atoms with van der Waals surface area (Å²) in [5.41, 5.74) is 1.54. The van der Waals surface area contributed by atoms with E-state index in [-0.39, 0.29) is 11.8 Å². The maximum Gasteiger partial charge on any atom is 0.282 e. The van der Waals surface area contributed by atoms with Gasteiger partial charge in [0.1, 0.15) is 22.9 Å². The molecule has 2 aromatic carbocycles. The first-order chi connectivity index (χ1) is 15.9. The summed E-state index contributed by atoms with van der Waals surface area (Å²) in [5, 5.41) is 5.02. The minimum Gasteiger partial charge on any atom is -0.497 e. The summed E-state index contributed by atoms with van der Waals surface area (Å²) in [5.74, 6) is 0.755. The quantitative estimate of drug-likeness (QED) is 0.476. The van der Waals surface area contributed by atoms with E-state index in [1.54, 1.807) is 18.2 Å². The molecule has 0 atom stereocenters. The molecule has 170 valence electrons. The van der Waals surface area contributed by atoms with Crippen LogP contribution >= 0.6 is 11.3 Å². The van der Waals surface area contributed by atoms with Crippen LogP contribution in [0, 0.1) is 0 Å². The van der Waals surface area contributed by atoms with E-state index in [0.29, 0.717) is 33.3 Å². The van der Waals surface area contributed by atoms with Crippen molar-refractivity contribution in [3.05, 3.63) is 70.6 Å². The van der Waals surface area contributed by atoms with Crippen molar-refractivity contribution in [2.24, 2.45) is 0 Å². The van der Waals surface area contributed by atoms with Gasteiger partial charge in [-0.15, -0.1) is 11.3 Å². The Bertz CT molecular complexity index is 1200. The second kappa shape index (κ2) is 9.38. The van der Waals surface area contributed by atoms with Gasteiger partial charge in [0.05, 0.1) is 31.6 Å². The number of imide groups is 1. The largest absolute Gasteiger partial charge is 0.497 e. The number of hydrogen-bond donors (Lipinski definition) is 1. The van der Waals surface area contributed by atoms with Gasteiger partial charge in [-0.25, -0.2) is 4.90 Å². The number of rotatable bonds is 8. The third kappa shape index (κ3) is 4.42. The zero-order valence-corrected chi connectivity index (χ0v) is 19.6. The number of benzene rings is 2. The monoisotopic (exact) mass is 464 g/mol. The van der Waals surface area contributed by atoms with Gasteiger partial charge in [-0.05, 0) is 61.7 Å². The molecule has 0 radical (unpaired) electrons. The number of hydrogen-bond acceptors (Lipinski definition) is 7. The smallest absolute Gasteiger partial charge is 0.282 e. The Morgan fingerprint density at radius 1 is 0.909 bits per heavy atom. The molecule has 33 heavy (non-hydrogen) atoms. The van der Waals surface area contributed by atoms with Crippen molar-refractivity contribution < 1.29 is 23.8 Å². The molecule has 2 heterocycles. The molecule has 1 aliphatic heterocycles. The maximum atomic E-state index is 13.5. The van der Waals surface area contributed by atoms with Crippen LogP contribution in [-0.2, 0) is 9.59 Å². The molecule has 0 spiro atoms. The first-order valence-corrected chi connectivity index (χ1v) is 11.2. The summed E-state index contributed by atoms with van der Waals surface area (Å²) < 4.78 is 16.4. The molecule has 4 rings (SSSR count). The number of carbonyl (C=O) groups is 2. The zero-order valence-electron chi connectivity index (χ0n) is 18.7. The van der Waals surface area contributed by atoms with Crippen molar-refractivity contribution in [1.82, 2.24) is 0 Å². The first kappa shape index (κ1) is 22.4. The Morgan fingerprint density at radius 2 is 1.64 bits per heavy atom. The van der Waals surface area contributed by atoms with Crippen molar-refractivity contribution in [2.75, 3.05) is 24.4 Å². The Kier molecular flexibility index (Phi) is 6.37. The van der Waals surface area contributed by atoms with E-state index in [1.165, 1.54) is 25.6 Å². The highest BCUT2D eigenvalue weighted by molar-refractivity contribution is 7.11. The zero-order chi connectivity index (χ0) is 23.5. The fourth-order valence-corrected chi connectivity index (χ4v) is 4.28. The second-order valence-corrected chi connectivity index (χ2v) is 8.47. The molecule has 0 bridgehead atoms. The lowest BCUT2D eigenvalue weighted by molar-refractivity contribution is -0.120. The number of nitrogens with one attached hydrogen (secondary N) is 1. The van der Waals surface area contributed by atoms with Gasteiger partial charge in [0.25, 0.3) is 11.8 Å². The van der Waals surface area contributed by atoms with Gasteiger partial charge in [-0.1, -0.05) is 6.07 Å². The highest BCUT2D eigenvalue weighted by Crippen LogP contribution is 2.40. The van der Waals surface area contributed by atoms with Crippen LogP contribution in [0.4, 0.5) is 11.4 Å². The Morgan fingerprint density at radius 3 is 2.24 bits per heavy atom. The SMILES string of the molecule is COc1ccc(N2C(=O)C(Nc3ccc(OC(C)C)cc3)=C(c3cccs3)C2=O)c(OC)c1. The fraction of sp³-hybridized carbons (Fsp3) is 0.200. The molecule has 0 unspecified atom stereocenters. The van der Waals surface area contributed by atoms with E-state index in [9.17, 15) is 9.59 Å². The molecule has 1 aliphatic rings. The van der Waals surface area contributed by atoms with Crippen LogP contribution in [0.5, 0.6) is 17.2 Å². The average molecular weight is 465 g/mol. The standard InChI is InChI=1S/C25H24N2O5S/c1-15(2)32-17-9-7-16(8-10-17)26-23-22(21-6-5-13-33-21)24(28)27(25(23)29)19-12-11-18(30-3)14-20(19)31-4/h5-15,26H,1-4H3. The van der Waals surface area contributed by atoms with Crippen molar-refractivity contribution in [3.63, 3.8) is 0 Å². The number of ether oxygens (including phenoxy) is 3. The maximum absolute atomic E-state index is 13.5. The second-order valence-electron chi connectivity index (χ2n) is 7.53. The highest BCUT2D eigenvalue weighted by atomic mass is 32.1. The van der Waals surface area contributed by atoms with Crippen LogP contribution in [0.1, 0.15) is 18.7 Å². The minimum absolute atomic E-state index is 0.0546. The van der Waals surface area contributed by atoms with Crippen LogP contribution in [0.3, 0.4) is 0 Å². The van der Waals surface area contributed by atoms with Gasteiger partial charge < -0.3 is 19.5 Å². The molecule has 0 saturated heterocycles. The van der Waals surface area contributed by atoms with Gasteiger partial charge >= 0.3 is 0 Å². The topological polar surface area (TPSA) is 77.1 Å². The number of carbonyl (C=O) groups excluding carboxylic acids is 2. The molecule has 8 heteroatoms. The van der Waals surface area contributed by atoms with E-state index in [1.807, 2.05) is 55.6 Å². The number of nitrogens with zero attached hydrogens (tertiary/aromatic N) is 1. The van der Waals surface area contributed by atoms with Crippen LogP contribution in [0.15, 0.2) is 65.7 Å². The molecule has 0 fully saturated rings. The van der Waals surface area contributed by atoms with Crippen LogP contribution in [0.2, 0.25) is 0 Å². The lowest BCUT2D eigenvalue weighted by Crippen LogP contribution is -2.32. The summed E-state index contributed by atoms with van der Waals surface area (Å²) in [6.07, 6.45) is 0.0546. The predicted octanol–water partition coefficient (Wildman–Crippen LogP) is 4.95. The molecule has 0 aliphatic carbocycles. The van der Waals surface area contributed by atoms with Gasteiger partial charge in [0.2, 0.25) is 0 Å². The van der Waals surface area contributed by atoms with Crippen molar-refractivity contribution in [1.29, 1.82) is 0 Å². The number of amides is 2. The van der Waals surface area contributed by atoms with Crippen LogP contribution in [0.25, 0.3) is 5.57 Å². The van der Waals surface area contributed by atoms with Crippen LogP contribution in [-0.4, -0.2) is 32.1 Å². The highest BCUT2D eigenvalue weighted by Gasteiger charge is 2.42. The number of anilines is 2. The van der Waals surface area contributed by atoms with E-state index in [0.717, 1.165) is 10.6 Å². The van der Waals surface area contributed by atoms with Crippen LogP contribution < -0.4 is 24.4 Å². The molecule has 7 nitrogen and oxygen atoms in total. The van der Waals surface area contributed by atoms with E-state index >= 15 is 0 Å². The minimum atomic E-state index is -0.464. The third-order valence-electron chi connectivity index (χ3n) is 4.97. The fourth-order valence-electron chi connectivity index (χ4n) is 3.52. The van der Waals surface area contributed by atoms with Gasteiger partial charge in [-0.3, -0.25) is 9.59 Å². The lowest BCUT2D eigenvalue weighted by Gasteiger charge is -2.19. The van der Waals surface area contributed by atoms with Gasteiger partial charge in [0, 0.05) is 16.6 Å². The Labute approximate surface area is 196 Å². The molecule has 3 aromatic rings. The van der Waals surface area contributed by atoms with Gasteiger partial charge in [-0.2, -0.15) is 0 Å². The molecule has 1 N–H and O–H groups in total. The summed E-state index contributed by atoms with van der Waals surface area (Å²) >= 11 is 1.39. The molecular formula is C25H24N2O5S. The van der Waals surface area contributed by atoms with Crippen molar-refractivity contribution in [3.8, 4) is 17.2 Å². The first-order valence-electron chi connectivity index (χ1n) is 10.4. The lowest BCUT2D eigenvalue weighted by atomic mass is 10.2.